The van der Waals surface area contributed by atoms with E-state index in [1.54, 1.807) is 72.8 Å². The first-order chi connectivity index (χ1) is 23.9. The highest BCUT2D eigenvalue weighted by Gasteiger charge is 2.54. The van der Waals surface area contributed by atoms with Gasteiger partial charge in [-0.3, -0.25) is 4.79 Å². The van der Waals surface area contributed by atoms with Gasteiger partial charge in [0.1, 0.15) is 17.4 Å². The topological polar surface area (TPSA) is 178 Å². The predicted molar refractivity (Wildman–Crippen MR) is 177 cm³/mol. The third-order valence-electron chi connectivity index (χ3n) is 8.04. The Hall–Kier alpha value is -5.94. The van der Waals surface area contributed by atoms with Crippen LogP contribution in [0.5, 0.6) is 5.75 Å². The number of halogens is 2. The number of ether oxygens (including phenoxy) is 2. The number of carbonyl (C=O) groups excluding carboxylic acids is 1. The monoisotopic (exact) mass is 666 g/mol. The minimum absolute atomic E-state index is 0.00187. The summed E-state index contributed by atoms with van der Waals surface area (Å²) in [6.07, 6.45) is -0.711. The largest absolute Gasteiger partial charge is 0.494 e. The average molecular weight is 667 g/mol. The summed E-state index contributed by atoms with van der Waals surface area (Å²) in [4.78, 5) is 25.4. The lowest BCUT2D eigenvalue weighted by Gasteiger charge is -2.32. The van der Waals surface area contributed by atoms with Gasteiger partial charge in [0, 0.05) is 46.9 Å². The van der Waals surface area contributed by atoms with E-state index in [1.807, 2.05) is 0 Å². The Morgan fingerprint density at radius 2 is 1.53 bits per heavy atom. The number of benzene rings is 4. The number of hydrogen-bond acceptors (Lipinski definition) is 7. The van der Waals surface area contributed by atoms with Crippen LogP contribution in [0.1, 0.15) is 45.9 Å². The first-order valence-electron chi connectivity index (χ1n) is 15.4. The van der Waals surface area contributed by atoms with Crippen LogP contribution in [-0.4, -0.2) is 35.7 Å². The van der Waals surface area contributed by atoms with Gasteiger partial charge in [-0.2, -0.15) is 0 Å². The van der Waals surface area contributed by atoms with Crippen LogP contribution in [0, 0.1) is 11.6 Å². The van der Waals surface area contributed by atoms with Crippen LogP contribution in [0.2, 0.25) is 0 Å². The number of nitrogens with zero attached hydrogens (tertiary/aromatic N) is 7. The van der Waals surface area contributed by atoms with Crippen LogP contribution in [0.15, 0.2) is 106 Å². The molecule has 1 aliphatic heterocycles. The number of nitrogens with one attached hydrogen (secondary N) is 1. The molecular weight excluding hydrogens is 634 g/mol. The summed E-state index contributed by atoms with van der Waals surface area (Å²) in [7, 11) is 0. The zero-order valence-corrected chi connectivity index (χ0v) is 26.2. The van der Waals surface area contributed by atoms with E-state index >= 15 is 0 Å². The van der Waals surface area contributed by atoms with Crippen LogP contribution >= 0.6 is 0 Å². The molecule has 0 unspecified atom stereocenters. The molecule has 14 heteroatoms. The van der Waals surface area contributed by atoms with Crippen LogP contribution < -0.4 is 10.1 Å². The van der Waals surface area contributed by atoms with Crippen molar-refractivity contribution in [1.29, 1.82) is 0 Å². The molecule has 0 radical (unpaired) electrons. The maximum absolute atomic E-state index is 14.7. The van der Waals surface area contributed by atoms with Crippen molar-refractivity contribution in [3.8, 4) is 5.75 Å². The van der Waals surface area contributed by atoms with E-state index in [0.29, 0.717) is 46.6 Å². The lowest BCUT2D eigenvalue weighted by molar-refractivity contribution is -0.129. The Morgan fingerprint density at radius 3 is 2.20 bits per heavy atom. The molecule has 0 saturated carbocycles. The zero-order valence-electron chi connectivity index (χ0n) is 26.2. The third kappa shape index (κ3) is 7.96. The minimum atomic E-state index is -1.77. The maximum Gasteiger partial charge on any atom is 0.252 e. The lowest BCUT2D eigenvalue weighted by Crippen LogP contribution is -2.50. The number of aliphatic hydroxyl groups excluding tert-OH is 1. The van der Waals surface area contributed by atoms with Gasteiger partial charge in [-0.05, 0) is 69.7 Å². The maximum atomic E-state index is 14.7. The van der Waals surface area contributed by atoms with Gasteiger partial charge >= 0.3 is 0 Å². The summed E-state index contributed by atoms with van der Waals surface area (Å²) in [5, 5.41) is 19.2. The molecule has 5 rings (SSSR count). The molecule has 1 aliphatic rings. The number of carbonyl (C=O) groups is 1. The molecule has 0 bridgehead atoms. The van der Waals surface area contributed by atoms with Gasteiger partial charge in [0.2, 0.25) is 5.90 Å². The van der Waals surface area contributed by atoms with Crippen molar-refractivity contribution in [2.24, 2.45) is 15.2 Å². The highest BCUT2D eigenvalue weighted by atomic mass is 19.1. The van der Waals surface area contributed by atoms with E-state index < -0.39 is 35.7 Å². The molecule has 0 saturated heterocycles. The molecule has 1 heterocycles. The number of amides is 1. The molecule has 0 aliphatic carbocycles. The fraction of sp³-hybridized carbons (Fsp3) is 0.257. The van der Waals surface area contributed by atoms with Crippen LogP contribution in [-0.2, 0) is 35.6 Å². The van der Waals surface area contributed by atoms with Crippen molar-refractivity contribution in [1.82, 2.24) is 5.32 Å². The van der Waals surface area contributed by atoms with E-state index in [2.05, 4.69) is 25.4 Å². The molecule has 4 aromatic rings. The van der Waals surface area contributed by atoms with Gasteiger partial charge < -0.3 is 19.9 Å². The van der Waals surface area contributed by atoms with Crippen LogP contribution in [0.3, 0.4) is 0 Å². The van der Waals surface area contributed by atoms with E-state index in [1.165, 1.54) is 6.07 Å². The van der Waals surface area contributed by atoms with Gasteiger partial charge in [0.25, 0.3) is 5.91 Å². The average Bonchev–Trinajstić information content (AvgIpc) is 3.50. The molecule has 0 aromatic heterocycles. The first-order valence-corrected chi connectivity index (χ1v) is 15.4. The van der Waals surface area contributed by atoms with Gasteiger partial charge in [-0.15, -0.1) is 0 Å². The normalized spacial score (nSPS) is 16.5. The third-order valence-corrected chi connectivity index (χ3v) is 8.04. The van der Waals surface area contributed by atoms with E-state index in [0.717, 1.165) is 12.1 Å². The number of rotatable bonds is 15. The lowest BCUT2D eigenvalue weighted by atomic mass is 9.79. The molecule has 1 amide bonds. The quantitative estimate of drug-likeness (QED) is 0.0592. The Balaban J connectivity index is 1.66. The Morgan fingerprint density at radius 1 is 0.898 bits per heavy atom. The summed E-state index contributed by atoms with van der Waals surface area (Å²) < 4.78 is 41.6. The highest BCUT2D eigenvalue weighted by molar-refractivity contribution is 6.01. The molecule has 0 fully saturated rings. The molecule has 250 valence electrons. The van der Waals surface area contributed by atoms with Crippen molar-refractivity contribution >= 4 is 11.8 Å². The minimum Gasteiger partial charge on any atom is -0.494 e. The molecule has 4 aromatic carbocycles. The second-order valence-corrected chi connectivity index (χ2v) is 11.1. The SMILES string of the molecule is [N-]=[N+]=NCc1ccccc1C[C@@]1(C(=O)NCc2c(F)cccc2F)N=C(c2ccc(OCCCO)cc2)O[C@@H]1c1ccccc1CN=[N+]=[N-]. The predicted octanol–water partition coefficient (Wildman–Crippen LogP) is 7.16. The van der Waals surface area contributed by atoms with Gasteiger partial charge in [-0.1, -0.05) is 64.8 Å². The second kappa shape index (κ2) is 16.2. The van der Waals surface area contributed by atoms with Gasteiger partial charge in [0.15, 0.2) is 11.6 Å². The Labute approximate surface area is 280 Å². The Bertz CT molecular complexity index is 1910. The number of azide groups is 2. The fourth-order valence-electron chi connectivity index (χ4n) is 5.61. The van der Waals surface area contributed by atoms with Gasteiger partial charge in [0.05, 0.1) is 19.7 Å². The van der Waals surface area contributed by atoms with Crippen molar-refractivity contribution in [3.05, 3.63) is 157 Å². The van der Waals surface area contributed by atoms with E-state index in [4.69, 9.17) is 30.6 Å². The summed E-state index contributed by atoms with van der Waals surface area (Å²) in [5.74, 6) is -1.66. The van der Waals surface area contributed by atoms with Crippen molar-refractivity contribution in [3.63, 3.8) is 0 Å². The zero-order chi connectivity index (χ0) is 34.6. The van der Waals surface area contributed by atoms with Crippen molar-refractivity contribution in [2.45, 2.75) is 44.1 Å². The molecule has 12 nitrogen and oxygen atoms in total. The molecular formula is C35H32F2N8O4. The smallest absolute Gasteiger partial charge is 0.252 e. The van der Waals surface area contributed by atoms with Crippen LogP contribution in [0.25, 0.3) is 20.9 Å². The number of aliphatic hydroxyl groups is 1. The second-order valence-electron chi connectivity index (χ2n) is 11.1. The molecule has 2 N–H and O–H groups in total. The van der Waals surface area contributed by atoms with Gasteiger partial charge in [-0.25, -0.2) is 13.8 Å². The highest BCUT2D eigenvalue weighted by Crippen LogP contribution is 2.44. The standard InChI is InChI=1S/C35H32F2N8O4/c36-30-11-5-12-31(37)29(30)22-40-34(47)35(19-24-7-1-2-8-25(24)20-41-44-38)32(28-10-4-3-9-26(28)21-42-45-39)49-33(43-35)23-13-15-27(16-14-23)48-18-6-17-46/h1-5,7-16,32,46H,6,17-22H2,(H,40,47)/t32-,35-/m1/s1. The number of hydrogen-bond donors (Lipinski definition) is 2. The summed E-state index contributed by atoms with van der Waals surface area (Å²) in [6, 6.07) is 24.4. The molecule has 49 heavy (non-hydrogen) atoms. The molecule has 0 spiro atoms. The van der Waals surface area contributed by atoms with Crippen LogP contribution in [0.4, 0.5) is 8.78 Å². The van der Waals surface area contributed by atoms with Crippen molar-refractivity contribution < 1.29 is 28.2 Å². The Kier molecular flexibility index (Phi) is 11.4. The summed E-state index contributed by atoms with van der Waals surface area (Å²) >= 11 is 0. The summed E-state index contributed by atoms with van der Waals surface area (Å²) in [5.41, 5.74) is 18.9. The van der Waals surface area contributed by atoms with E-state index in [9.17, 15) is 13.6 Å². The summed E-state index contributed by atoms with van der Waals surface area (Å²) in [6.45, 7) is -0.216. The molecule has 2 atom stereocenters. The van der Waals surface area contributed by atoms with Crippen molar-refractivity contribution in [2.75, 3.05) is 13.2 Å². The number of aliphatic imine (C=N–C) groups is 1. The first kappa shape index (κ1) is 34.4. The van der Waals surface area contributed by atoms with E-state index in [-0.39, 0.29) is 37.6 Å². The fourth-order valence-corrected chi connectivity index (χ4v) is 5.61.